The van der Waals surface area contributed by atoms with Gasteiger partial charge in [0.15, 0.2) is 0 Å². The zero-order valence-corrected chi connectivity index (χ0v) is 21.4. The number of furan rings is 1. The molecule has 0 unspecified atom stereocenters. The maximum absolute atomic E-state index is 9.59. The van der Waals surface area contributed by atoms with Gasteiger partial charge in [0.25, 0.3) is 0 Å². The van der Waals surface area contributed by atoms with E-state index in [4.69, 9.17) is 34.6 Å². The SMILES string of the molecule is [2H]c1c([2H])c(-c2c([2H])c([2H])c(-c3c([2H])c([2H])c4c(oc5c([2H])c([2H])c([2H])c([2H])c54)c3[2H])c([2H])c2[2H])c([2H])c(-c2c([2H])c([2H])c3c4c([2H])c([2H])c([2H])c([2H])c4c4c([2H])c([2H])c([2H])c([2H])c4c3c2[2H])c1[2H]. The lowest BCUT2D eigenvalue weighted by atomic mass is 9.91. The quantitative estimate of drug-likeness (QED) is 0.192. The Kier molecular flexibility index (Phi) is 2.13. The minimum Gasteiger partial charge on any atom is -0.456 e. The van der Waals surface area contributed by atoms with Crippen molar-refractivity contribution in [3.05, 3.63) is 157 Å². The van der Waals surface area contributed by atoms with Gasteiger partial charge >= 0.3 is 0 Å². The molecule has 0 saturated carbocycles. The number of hydrogen-bond acceptors (Lipinski definition) is 1. The van der Waals surface area contributed by atoms with Crippen molar-refractivity contribution in [2.24, 2.45) is 0 Å². The topological polar surface area (TPSA) is 13.1 Å². The number of rotatable bonds is 3. The zero-order chi connectivity index (χ0) is 51.0. The van der Waals surface area contributed by atoms with Crippen LogP contribution in [0.1, 0.15) is 35.6 Å². The van der Waals surface area contributed by atoms with Gasteiger partial charge in [-0.15, -0.1) is 0 Å². The highest BCUT2D eigenvalue weighted by Gasteiger charge is 2.11. The van der Waals surface area contributed by atoms with Crippen LogP contribution in [0.2, 0.25) is 0 Å². The monoisotopic (exact) mass is 572 g/mol. The highest BCUT2D eigenvalue weighted by molar-refractivity contribution is 6.25. The van der Waals surface area contributed by atoms with E-state index in [-0.39, 0.29) is 10.8 Å². The summed E-state index contributed by atoms with van der Waals surface area (Å²) in [6.07, 6.45) is 0. The molecule has 1 aromatic heterocycles. The fourth-order valence-electron chi connectivity index (χ4n) is 4.86. The molecule has 1 heterocycles. The predicted octanol–water partition coefficient (Wildman–Crippen LogP) is 12.0. The van der Waals surface area contributed by atoms with Gasteiger partial charge in [-0.2, -0.15) is 0 Å². The molecule has 0 aliphatic rings. The average molecular weight is 573 g/mol. The van der Waals surface area contributed by atoms with Gasteiger partial charge < -0.3 is 4.42 Å². The van der Waals surface area contributed by atoms with Crippen LogP contribution in [0.25, 0.3) is 87.6 Å². The molecule has 0 aliphatic carbocycles. The summed E-state index contributed by atoms with van der Waals surface area (Å²) in [5, 5.41) is -3.68. The molecule has 1 nitrogen and oxygen atoms in total. The maximum Gasteiger partial charge on any atom is 0.136 e. The fourth-order valence-corrected chi connectivity index (χ4v) is 4.86. The molecule has 0 saturated heterocycles. The van der Waals surface area contributed by atoms with E-state index in [2.05, 4.69) is 0 Å². The third kappa shape index (κ3) is 3.86. The second-order valence-corrected chi connectivity index (χ2v) is 9.26. The molecule has 0 aliphatic heterocycles. The fraction of sp³-hybridized carbons (Fsp3) is 0. The van der Waals surface area contributed by atoms with Crippen LogP contribution in [0.4, 0.5) is 0 Å². The average Bonchev–Trinajstić information content (AvgIpc) is 3.73. The molecule has 200 valence electrons. The highest BCUT2D eigenvalue weighted by Crippen LogP contribution is 2.38. The second kappa shape index (κ2) is 9.44. The third-order valence-corrected chi connectivity index (χ3v) is 6.82. The molecule has 1 heteroatoms. The van der Waals surface area contributed by atoms with E-state index in [0.717, 1.165) is 0 Å². The van der Waals surface area contributed by atoms with Crippen molar-refractivity contribution < 1.29 is 40.1 Å². The van der Waals surface area contributed by atoms with Gasteiger partial charge in [-0.3, -0.25) is 0 Å². The van der Waals surface area contributed by atoms with Crippen LogP contribution in [0.5, 0.6) is 0 Å². The number of benzene rings is 8. The molecule has 9 rings (SSSR count). The van der Waals surface area contributed by atoms with Crippen LogP contribution in [0, 0.1) is 0 Å². The molecule has 0 bridgehead atoms. The molecule has 43 heavy (non-hydrogen) atoms. The summed E-state index contributed by atoms with van der Waals surface area (Å²) in [7, 11) is 0. The number of fused-ring (bicyclic) bond motifs is 9. The lowest BCUT2D eigenvalue weighted by Crippen LogP contribution is -1.86. The molecule has 0 radical (unpaired) electrons. The van der Waals surface area contributed by atoms with Crippen molar-refractivity contribution in [1.82, 2.24) is 0 Å². The second-order valence-electron chi connectivity index (χ2n) is 9.26. The van der Waals surface area contributed by atoms with Gasteiger partial charge in [0.05, 0.1) is 35.6 Å². The Balaban J connectivity index is 1.39. The van der Waals surface area contributed by atoms with Crippen LogP contribution >= 0.6 is 0 Å². The summed E-state index contributed by atoms with van der Waals surface area (Å²) in [5.74, 6) is 0. The first-order chi connectivity index (χ1) is 32.2. The molecule has 8 aromatic carbocycles. The Morgan fingerprint density at radius 2 is 0.698 bits per heavy atom. The maximum atomic E-state index is 9.59. The lowest BCUT2D eigenvalue weighted by Gasteiger charge is -2.12. The van der Waals surface area contributed by atoms with Crippen molar-refractivity contribution in [1.29, 1.82) is 0 Å². The largest absolute Gasteiger partial charge is 0.456 e. The van der Waals surface area contributed by atoms with Gasteiger partial charge in [0.1, 0.15) is 11.2 Å². The standard InChI is InChI=1S/C42H26O/c1-2-12-35-33(10-1)34-11-3-4-13-36(34)40-25-31(20-22-37(35)40)30-9-7-8-29(24-30)27-16-18-28(19-17-27)32-21-23-39-38-14-5-6-15-41(38)43-42(39)26-32/h1-26H/i1D,2D,3D,4D,5D,6D,7D,8D,9D,10D,11D,12D,13D,14D,15D,16D,17D,18D,19D,20D,21D,22D,23D,24D,25D,26D. The minimum atomic E-state index is -1.04. The van der Waals surface area contributed by atoms with Crippen molar-refractivity contribution in [3.8, 4) is 33.4 Å². The van der Waals surface area contributed by atoms with Gasteiger partial charge in [-0.05, 0) is 95.9 Å². The summed E-state index contributed by atoms with van der Waals surface area (Å²) in [4.78, 5) is 0. The molecule has 0 atom stereocenters. The van der Waals surface area contributed by atoms with E-state index in [1.807, 2.05) is 0 Å². The Morgan fingerprint density at radius 3 is 1.35 bits per heavy atom. The first-order valence-electron chi connectivity index (χ1n) is 25.7. The Hall–Kier alpha value is -5.66. The Labute approximate surface area is 285 Å². The van der Waals surface area contributed by atoms with Gasteiger partial charge in [-0.25, -0.2) is 0 Å². The first-order valence-corrected chi connectivity index (χ1v) is 12.7. The smallest absolute Gasteiger partial charge is 0.136 e. The summed E-state index contributed by atoms with van der Waals surface area (Å²) >= 11 is 0. The molecular formula is C42H26O. The van der Waals surface area contributed by atoms with Crippen molar-refractivity contribution in [2.45, 2.75) is 0 Å². The van der Waals surface area contributed by atoms with Crippen molar-refractivity contribution in [2.75, 3.05) is 0 Å². The Bertz CT molecular complexity index is 3890. The molecular weight excluding hydrogens is 520 g/mol. The summed E-state index contributed by atoms with van der Waals surface area (Å²) < 4.78 is 235. The van der Waals surface area contributed by atoms with E-state index >= 15 is 0 Å². The van der Waals surface area contributed by atoms with Crippen LogP contribution < -0.4 is 0 Å². The van der Waals surface area contributed by atoms with Gasteiger partial charge in [0.2, 0.25) is 0 Å². The van der Waals surface area contributed by atoms with E-state index in [9.17, 15) is 5.48 Å². The molecule has 9 aromatic rings. The molecule has 0 fully saturated rings. The third-order valence-electron chi connectivity index (χ3n) is 6.82. The molecule has 0 amide bonds. The van der Waals surface area contributed by atoms with Crippen LogP contribution in [0.3, 0.4) is 0 Å². The summed E-state index contributed by atoms with van der Waals surface area (Å²) in [5.41, 5.74) is -5.78. The zero-order valence-electron chi connectivity index (χ0n) is 47.4. The van der Waals surface area contributed by atoms with Crippen LogP contribution in [-0.2, 0) is 0 Å². The minimum absolute atomic E-state index is 0.315. The number of hydrogen-bond donors (Lipinski definition) is 0. The van der Waals surface area contributed by atoms with E-state index < -0.39 is 234 Å². The number of para-hydroxylation sites is 1. The predicted molar refractivity (Wildman–Crippen MR) is 183 cm³/mol. The molecule has 0 spiro atoms. The highest BCUT2D eigenvalue weighted by atomic mass is 16.3. The summed E-state index contributed by atoms with van der Waals surface area (Å²) in [6, 6.07) is -22.5. The Morgan fingerprint density at radius 1 is 0.279 bits per heavy atom. The first kappa shape index (κ1) is 9.69. The van der Waals surface area contributed by atoms with Gasteiger partial charge in [-0.1, -0.05) is 127 Å². The normalized spacial score (nSPS) is 20.2. The van der Waals surface area contributed by atoms with E-state index in [1.54, 1.807) is 0 Å². The lowest BCUT2D eigenvalue weighted by molar-refractivity contribution is 0.669. The summed E-state index contributed by atoms with van der Waals surface area (Å²) in [6.45, 7) is 0. The molecule has 0 N–H and O–H groups in total. The van der Waals surface area contributed by atoms with Crippen LogP contribution in [-0.4, -0.2) is 0 Å². The van der Waals surface area contributed by atoms with Crippen molar-refractivity contribution in [3.63, 3.8) is 0 Å². The van der Waals surface area contributed by atoms with Crippen molar-refractivity contribution >= 4 is 54.3 Å². The van der Waals surface area contributed by atoms with E-state index in [0.29, 0.717) is 0 Å². The van der Waals surface area contributed by atoms with Gasteiger partial charge in [0, 0.05) is 10.8 Å². The van der Waals surface area contributed by atoms with E-state index in [1.165, 1.54) is 0 Å². The van der Waals surface area contributed by atoms with Crippen LogP contribution in [0.15, 0.2) is 162 Å².